The first-order valence-corrected chi connectivity index (χ1v) is 25.6. The molecule has 6 heteroatoms. The van der Waals surface area contributed by atoms with E-state index in [0.29, 0.717) is 19.3 Å². The first kappa shape index (κ1) is 56.4. The number of hydrogen-bond donors (Lipinski definition) is 0. The molecule has 0 aromatic heterocycles. The van der Waals surface area contributed by atoms with Crippen LogP contribution >= 0.6 is 0 Å². The van der Waals surface area contributed by atoms with Crippen molar-refractivity contribution >= 4 is 17.9 Å². The first-order chi connectivity index (χ1) is 28.1. The van der Waals surface area contributed by atoms with Crippen molar-refractivity contribution in [1.82, 2.24) is 0 Å². The van der Waals surface area contributed by atoms with Crippen LogP contribution in [-0.2, 0) is 28.6 Å². The molecule has 6 nitrogen and oxygen atoms in total. The zero-order valence-electron chi connectivity index (χ0n) is 39.8. The van der Waals surface area contributed by atoms with E-state index in [1.807, 2.05) is 0 Å². The van der Waals surface area contributed by atoms with E-state index in [9.17, 15) is 14.4 Å². The van der Waals surface area contributed by atoms with E-state index in [0.717, 1.165) is 75.5 Å². The molecule has 1 unspecified atom stereocenters. The number of esters is 3. The highest BCUT2D eigenvalue weighted by Crippen LogP contribution is 2.18. The van der Waals surface area contributed by atoms with E-state index < -0.39 is 6.10 Å². The molecule has 58 heavy (non-hydrogen) atoms. The maximum absolute atomic E-state index is 12.8. The van der Waals surface area contributed by atoms with Crippen molar-refractivity contribution in [3.63, 3.8) is 0 Å². The largest absolute Gasteiger partial charge is 0.462 e. The van der Waals surface area contributed by atoms with Crippen molar-refractivity contribution in [3.8, 4) is 0 Å². The van der Waals surface area contributed by atoms with Crippen molar-refractivity contribution in [1.29, 1.82) is 0 Å². The predicted octanol–water partition coefficient (Wildman–Crippen LogP) is 16.4. The molecule has 0 amide bonds. The van der Waals surface area contributed by atoms with Gasteiger partial charge < -0.3 is 14.2 Å². The Balaban J connectivity index is 4.30. The van der Waals surface area contributed by atoms with E-state index in [4.69, 9.17) is 14.2 Å². The number of unbranched alkanes of at least 4 members (excludes halogenated alkanes) is 27. The summed E-state index contributed by atoms with van der Waals surface area (Å²) >= 11 is 0. The van der Waals surface area contributed by atoms with Crippen LogP contribution in [0.2, 0.25) is 0 Å². The summed E-state index contributed by atoms with van der Waals surface area (Å²) in [5.74, 6) is 1.62. The van der Waals surface area contributed by atoms with Gasteiger partial charge in [0.15, 0.2) is 6.10 Å². The number of carbonyl (C=O) groups is 3. The van der Waals surface area contributed by atoms with Gasteiger partial charge in [0.2, 0.25) is 0 Å². The van der Waals surface area contributed by atoms with Gasteiger partial charge in [0.25, 0.3) is 0 Å². The minimum Gasteiger partial charge on any atom is -0.462 e. The van der Waals surface area contributed by atoms with Gasteiger partial charge in [0, 0.05) is 19.3 Å². The number of rotatable bonds is 45. The van der Waals surface area contributed by atoms with Gasteiger partial charge in [-0.2, -0.15) is 0 Å². The maximum atomic E-state index is 12.8. The van der Waals surface area contributed by atoms with Crippen LogP contribution < -0.4 is 0 Å². The molecular weight excluding hydrogens is 721 g/mol. The average Bonchev–Trinajstić information content (AvgIpc) is 3.19. The molecule has 0 saturated carbocycles. The number of hydrogen-bond acceptors (Lipinski definition) is 6. The van der Waals surface area contributed by atoms with Crippen molar-refractivity contribution in [3.05, 3.63) is 0 Å². The van der Waals surface area contributed by atoms with Gasteiger partial charge in [-0.3, -0.25) is 14.4 Å². The van der Waals surface area contributed by atoms with Gasteiger partial charge >= 0.3 is 17.9 Å². The summed E-state index contributed by atoms with van der Waals surface area (Å²) in [5.41, 5.74) is 0. The summed E-state index contributed by atoms with van der Waals surface area (Å²) in [6, 6.07) is 0. The Morgan fingerprint density at radius 2 is 0.603 bits per heavy atom. The minimum atomic E-state index is -0.763. The zero-order chi connectivity index (χ0) is 42.7. The Morgan fingerprint density at radius 3 is 0.897 bits per heavy atom. The summed E-state index contributed by atoms with van der Waals surface area (Å²) in [7, 11) is 0. The Kier molecular flexibility index (Phi) is 42.3. The normalized spacial score (nSPS) is 12.6. The molecule has 2 atom stereocenters. The quantitative estimate of drug-likeness (QED) is 0.0346. The third-order valence-corrected chi connectivity index (χ3v) is 12.0. The topological polar surface area (TPSA) is 78.9 Å². The summed E-state index contributed by atoms with van der Waals surface area (Å²) in [4.78, 5) is 37.9. The van der Waals surface area contributed by atoms with Gasteiger partial charge in [0.1, 0.15) is 13.2 Å². The minimum absolute atomic E-state index is 0.0655. The van der Waals surface area contributed by atoms with E-state index in [1.54, 1.807) is 0 Å². The van der Waals surface area contributed by atoms with E-state index in [2.05, 4.69) is 41.5 Å². The zero-order valence-corrected chi connectivity index (χ0v) is 39.8. The van der Waals surface area contributed by atoms with E-state index >= 15 is 0 Å². The van der Waals surface area contributed by atoms with Crippen LogP contribution in [0.1, 0.15) is 279 Å². The molecule has 0 spiro atoms. The van der Waals surface area contributed by atoms with Gasteiger partial charge in [-0.15, -0.1) is 0 Å². The molecule has 0 aliphatic heterocycles. The van der Waals surface area contributed by atoms with Gasteiger partial charge in [-0.05, 0) is 37.0 Å². The fourth-order valence-electron chi connectivity index (χ4n) is 7.73. The smallest absolute Gasteiger partial charge is 0.306 e. The maximum Gasteiger partial charge on any atom is 0.306 e. The van der Waals surface area contributed by atoms with Gasteiger partial charge in [-0.25, -0.2) is 0 Å². The fraction of sp³-hybridized carbons (Fsp3) is 0.942. The standard InChI is InChI=1S/C52H100O6/c1-7-48(6)40-34-28-24-25-30-36-42-51(54)57-45-49(44-56-50(53)41-35-29-22-18-15-14-17-21-27-33-39-47(4)5)58-52(55)43-37-31-23-19-13-11-9-8-10-12-16-20-26-32-38-46(2)3/h46-49H,7-45H2,1-6H3/t48?,49-/m1/s1. The highest BCUT2D eigenvalue weighted by molar-refractivity contribution is 5.71. The molecule has 0 N–H and O–H groups in total. The Labute approximate surface area is 361 Å². The van der Waals surface area contributed by atoms with Crippen LogP contribution in [0.4, 0.5) is 0 Å². The molecule has 0 fully saturated rings. The molecule has 344 valence electrons. The van der Waals surface area contributed by atoms with Crippen molar-refractivity contribution in [2.24, 2.45) is 17.8 Å². The van der Waals surface area contributed by atoms with E-state index in [-0.39, 0.29) is 31.1 Å². The lowest BCUT2D eigenvalue weighted by Gasteiger charge is -2.18. The summed E-state index contributed by atoms with van der Waals surface area (Å²) in [6.07, 6.45) is 42.3. The lowest BCUT2D eigenvalue weighted by atomic mass is 10.00. The number of carbonyl (C=O) groups excluding carboxylic acids is 3. The van der Waals surface area contributed by atoms with Crippen LogP contribution in [0.25, 0.3) is 0 Å². The van der Waals surface area contributed by atoms with Crippen molar-refractivity contribution in [2.75, 3.05) is 13.2 Å². The SMILES string of the molecule is CCC(C)CCCCCCCCC(=O)OC[C@@H](COC(=O)CCCCCCCCCCCCC(C)C)OC(=O)CCCCCCCCCCCCCCCCC(C)C. The van der Waals surface area contributed by atoms with Gasteiger partial charge in [-0.1, -0.05) is 241 Å². The lowest BCUT2D eigenvalue weighted by molar-refractivity contribution is -0.167. The Morgan fingerprint density at radius 1 is 0.345 bits per heavy atom. The molecule has 0 bridgehead atoms. The van der Waals surface area contributed by atoms with Crippen LogP contribution in [0, 0.1) is 17.8 Å². The molecule has 0 rings (SSSR count). The number of ether oxygens (including phenoxy) is 3. The fourth-order valence-corrected chi connectivity index (χ4v) is 7.73. The molecule has 0 aliphatic carbocycles. The molecular formula is C52H100O6. The molecule has 0 aromatic rings. The van der Waals surface area contributed by atoms with Crippen LogP contribution in [-0.4, -0.2) is 37.2 Å². The third-order valence-electron chi connectivity index (χ3n) is 12.0. The molecule has 0 aliphatic rings. The molecule has 0 heterocycles. The van der Waals surface area contributed by atoms with Crippen LogP contribution in [0.15, 0.2) is 0 Å². The van der Waals surface area contributed by atoms with Crippen LogP contribution in [0.5, 0.6) is 0 Å². The Bertz CT molecular complexity index is 900. The molecule has 0 aromatic carbocycles. The highest BCUT2D eigenvalue weighted by Gasteiger charge is 2.19. The van der Waals surface area contributed by atoms with Crippen molar-refractivity contribution in [2.45, 2.75) is 285 Å². The monoisotopic (exact) mass is 821 g/mol. The van der Waals surface area contributed by atoms with Crippen molar-refractivity contribution < 1.29 is 28.6 Å². The first-order valence-electron chi connectivity index (χ1n) is 25.6. The van der Waals surface area contributed by atoms with E-state index in [1.165, 1.54) is 161 Å². The molecule has 0 radical (unpaired) electrons. The second kappa shape index (κ2) is 43.5. The lowest BCUT2D eigenvalue weighted by Crippen LogP contribution is -2.30. The molecule has 0 saturated heterocycles. The summed E-state index contributed by atoms with van der Waals surface area (Å²) in [6.45, 7) is 13.7. The van der Waals surface area contributed by atoms with Crippen LogP contribution in [0.3, 0.4) is 0 Å². The third kappa shape index (κ3) is 44.0. The Hall–Kier alpha value is -1.59. The summed E-state index contributed by atoms with van der Waals surface area (Å²) in [5, 5.41) is 0. The predicted molar refractivity (Wildman–Crippen MR) is 247 cm³/mol. The summed E-state index contributed by atoms with van der Waals surface area (Å²) < 4.78 is 16.8. The second-order valence-corrected chi connectivity index (χ2v) is 19.0. The van der Waals surface area contributed by atoms with Gasteiger partial charge in [0.05, 0.1) is 0 Å². The second-order valence-electron chi connectivity index (χ2n) is 19.0. The highest BCUT2D eigenvalue weighted by atomic mass is 16.6. The average molecular weight is 821 g/mol.